The van der Waals surface area contributed by atoms with Crippen molar-refractivity contribution >= 4 is 5.69 Å². The first-order valence-corrected chi connectivity index (χ1v) is 5.83. The second-order valence-electron chi connectivity index (χ2n) is 4.32. The summed E-state index contributed by atoms with van der Waals surface area (Å²) in [7, 11) is 0. The van der Waals surface area contributed by atoms with Crippen LogP contribution in [0.2, 0.25) is 0 Å². The SMILES string of the molecule is Cc1cc(C)cc(NCCCOCC(F)(F)F)c1. The second-order valence-corrected chi connectivity index (χ2v) is 4.32. The zero-order valence-corrected chi connectivity index (χ0v) is 10.6. The molecule has 0 saturated heterocycles. The molecule has 0 atom stereocenters. The van der Waals surface area contributed by atoms with Crippen molar-refractivity contribution in [3.8, 4) is 0 Å². The minimum atomic E-state index is -4.24. The van der Waals surface area contributed by atoms with E-state index in [4.69, 9.17) is 0 Å². The van der Waals surface area contributed by atoms with Gasteiger partial charge in [-0.2, -0.15) is 13.2 Å². The van der Waals surface area contributed by atoms with Crippen LogP contribution in [0.25, 0.3) is 0 Å². The molecule has 0 aliphatic rings. The van der Waals surface area contributed by atoms with E-state index in [-0.39, 0.29) is 6.61 Å². The molecular weight excluding hydrogens is 243 g/mol. The molecule has 0 unspecified atom stereocenters. The molecule has 0 spiro atoms. The molecule has 0 aliphatic heterocycles. The summed E-state index contributed by atoms with van der Waals surface area (Å²) in [6, 6.07) is 6.07. The van der Waals surface area contributed by atoms with Gasteiger partial charge in [-0.1, -0.05) is 6.07 Å². The van der Waals surface area contributed by atoms with Crippen LogP contribution in [-0.4, -0.2) is 25.9 Å². The van der Waals surface area contributed by atoms with Gasteiger partial charge in [0.2, 0.25) is 0 Å². The molecule has 0 aliphatic carbocycles. The van der Waals surface area contributed by atoms with Crippen LogP contribution in [0, 0.1) is 13.8 Å². The van der Waals surface area contributed by atoms with Gasteiger partial charge in [0.1, 0.15) is 6.61 Å². The summed E-state index contributed by atoms with van der Waals surface area (Å²) in [6.07, 6.45) is -3.69. The number of benzene rings is 1. The summed E-state index contributed by atoms with van der Waals surface area (Å²) in [5.74, 6) is 0. The monoisotopic (exact) mass is 261 g/mol. The van der Waals surface area contributed by atoms with E-state index >= 15 is 0 Å². The van der Waals surface area contributed by atoms with E-state index in [0.29, 0.717) is 13.0 Å². The third-order valence-electron chi connectivity index (χ3n) is 2.28. The molecule has 1 aromatic rings. The quantitative estimate of drug-likeness (QED) is 0.789. The Morgan fingerprint density at radius 3 is 2.28 bits per heavy atom. The lowest BCUT2D eigenvalue weighted by Crippen LogP contribution is -2.18. The largest absolute Gasteiger partial charge is 0.411 e. The van der Waals surface area contributed by atoms with Gasteiger partial charge in [0.15, 0.2) is 0 Å². The molecule has 18 heavy (non-hydrogen) atoms. The summed E-state index contributed by atoms with van der Waals surface area (Å²) < 4.78 is 39.9. The van der Waals surface area contributed by atoms with Crippen molar-refractivity contribution in [1.82, 2.24) is 0 Å². The highest BCUT2D eigenvalue weighted by Gasteiger charge is 2.27. The fourth-order valence-electron chi connectivity index (χ4n) is 1.67. The highest BCUT2D eigenvalue weighted by molar-refractivity contribution is 5.48. The van der Waals surface area contributed by atoms with Gasteiger partial charge in [-0.3, -0.25) is 0 Å². The molecule has 1 rings (SSSR count). The maximum atomic E-state index is 11.8. The molecule has 5 heteroatoms. The van der Waals surface area contributed by atoms with E-state index in [1.165, 1.54) is 0 Å². The molecule has 102 valence electrons. The highest BCUT2D eigenvalue weighted by Crippen LogP contribution is 2.15. The number of hydrogen-bond acceptors (Lipinski definition) is 2. The van der Waals surface area contributed by atoms with Gasteiger partial charge >= 0.3 is 6.18 Å². The van der Waals surface area contributed by atoms with Crippen LogP contribution in [0.5, 0.6) is 0 Å². The zero-order chi connectivity index (χ0) is 13.6. The Morgan fingerprint density at radius 2 is 1.72 bits per heavy atom. The van der Waals surface area contributed by atoms with Crippen molar-refractivity contribution in [2.45, 2.75) is 26.4 Å². The lowest BCUT2D eigenvalue weighted by molar-refractivity contribution is -0.173. The average molecular weight is 261 g/mol. The molecule has 1 N–H and O–H groups in total. The number of nitrogens with one attached hydrogen (secondary N) is 1. The van der Waals surface area contributed by atoms with Crippen molar-refractivity contribution in [1.29, 1.82) is 0 Å². The van der Waals surface area contributed by atoms with E-state index in [2.05, 4.69) is 16.1 Å². The predicted molar refractivity (Wildman–Crippen MR) is 65.9 cm³/mol. The summed E-state index contributed by atoms with van der Waals surface area (Å²) in [5.41, 5.74) is 3.31. The Bertz CT molecular complexity index is 357. The van der Waals surface area contributed by atoms with E-state index in [0.717, 1.165) is 16.8 Å². The summed E-state index contributed by atoms with van der Waals surface area (Å²) in [4.78, 5) is 0. The van der Waals surface area contributed by atoms with E-state index in [1.807, 2.05) is 26.0 Å². The number of ether oxygens (including phenoxy) is 1. The maximum absolute atomic E-state index is 11.8. The average Bonchev–Trinajstić information content (AvgIpc) is 2.20. The normalized spacial score (nSPS) is 11.6. The van der Waals surface area contributed by atoms with Crippen LogP contribution in [0.3, 0.4) is 0 Å². The van der Waals surface area contributed by atoms with Gasteiger partial charge in [0.25, 0.3) is 0 Å². The Kier molecular flexibility index (Phi) is 5.47. The van der Waals surface area contributed by atoms with Crippen LogP contribution >= 0.6 is 0 Å². The van der Waals surface area contributed by atoms with Crippen LogP contribution in [0.4, 0.5) is 18.9 Å². The van der Waals surface area contributed by atoms with Crippen molar-refractivity contribution in [3.63, 3.8) is 0 Å². The molecule has 0 bridgehead atoms. The number of halogens is 3. The van der Waals surface area contributed by atoms with Gasteiger partial charge < -0.3 is 10.1 Å². The van der Waals surface area contributed by atoms with E-state index < -0.39 is 12.8 Å². The third-order valence-corrected chi connectivity index (χ3v) is 2.28. The van der Waals surface area contributed by atoms with Gasteiger partial charge in [0.05, 0.1) is 0 Å². The first-order valence-electron chi connectivity index (χ1n) is 5.83. The Morgan fingerprint density at radius 1 is 1.11 bits per heavy atom. The predicted octanol–water partition coefficient (Wildman–Crippen LogP) is 3.68. The van der Waals surface area contributed by atoms with E-state index in [9.17, 15) is 13.2 Å². The van der Waals surface area contributed by atoms with Crippen LogP contribution in [-0.2, 0) is 4.74 Å². The molecule has 0 fully saturated rings. The van der Waals surface area contributed by atoms with Crippen molar-refractivity contribution in [2.24, 2.45) is 0 Å². The summed E-state index contributed by atoms with van der Waals surface area (Å²) in [5, 5.41) is 3.16. The Labute approximate surface area is 105 Å². The molecule has 0 aromatic heterocycles. The highest BCUT2D eigenvalue weighted by atomic mass is 19.4. The second kappa shape index (κ2) is 6.64. The lowest BCUT2D eigenvalue weighted by atomic mass is 10.1. The number of anilines is 1. The maximum Gasteiger partial charge on any atom is 0.411 e. The smallest absolute Gasteiger partial charge is 0.385 e. The molecule has 0 amide bonds. The molecule has 0 saturated carbocycles. The van der Waals surface area contributed by atoms with Crippen LogP contribution in [0.1, 0.15) is 17.5 Å². The number of hydrogen-bond donors (Lipinski definition) is 1. The lowest BCUT2D eigenvalue weighted by Gasteiger charge is -2.10. The fourth-order valence-corrected chi connectivity index (χ4v) is 1.67. The third kappa shape index (κ3) is 6.49. The minimum Gasteiger partial charge on any atom is -0.385 e. The Balaban J connectivity index is 2.18. The van der Waals surface area contributed by atoms with E-state index in [1.54, 1.807) is 0 Å². The summed E-state index contributed by atoms with van der Waals surface area (Å²) in [6.45, 7) is 3.55. The van der Waals surface area contributed by atoms with Crippen molar-refractivity contribution in [3.05, 3.63) is 29.3 Å². The Hall–Kier alpha value is -1.23. The van der Waals surface area contributed by atoms with Gasteiger partial charge in [-0.25, -0.2) is 0 Å². The van der Waals surface area contributed by atoms with Gasteiger partial charge in [-0.05, 0) is 43.5 Å². The fraction of sp³-hybridized carbons (Fsp3) is 0.538. The standard InChI is InChI=1S/C13H18F3NO/c1-10-6-11(2)8-12(7-10)17-4-3-5-18-9-13(14,15)16/h6-8,17H,3-5,9H2,1-2H3. The van der Waals surface area contributed by atoms with Crippen molar-refractivity contribution < 1.29 is 17.9 Å². The minimum absolute atomic E-state index is 0.108. The number of alkyl halides is 3. The molecule has 2 nitrogen and oxygen atoms in total. The summed E-state index contributed by atoms with van der Waals surface area (Å²) >= 11 is 0. The number of aryl methyl sites for hydroxylation is 2. The first kappa shape index (κ1) is 14.8. The molecule has 0 radical (unpaired) electrons. The molecular formula is C13H18F3NO. The van der Waals surface area contributed by atoms with Crippen LogP contribution in [0.15, 0.2) is 18.2 Å². The molecule has 0 heterocycles. The zero-order valence-electron chi connectivity index (χ0n) is 10.6. The molecule has 1 aromatic carbocycles. The first-order chi connectivity index (χ1) is 8.37. The van der Waals surface area contributed by atoms with Gasteiger partial charge in [0, 0.05) is 18.8 Å². The van der Waals surface area contributed by atoms with Gasteiger partial charge in [-0.15, -0.1) is 0 Å². The topological polar surface area (TPSA) is 21.3 Å². The van der Waals surface area contributed by atoms with Crippen molar-refractivity contribution in [2.75, 3.05) is 25.1 Å². The number of rotatable bonds is 6. The van der Waals surface area contributed by atoms with Crippen LogP contribution < -0.4 is 5.32 Å².